The molecule has 6 rings (SSSR count). The van der Waals surface area contributed by atoms with Crippen molar-refractivity contribution in [3.8, 4) is 0 Å². The van der Waals surface area contributed by atoms with Crippen LogP contribution in [-0.4, -0.2) is 74.6 Å². The zero-order valence-corrected chi connectivity index (χ0v) is 25.5. The van der Waals surface area contributed by atoms with Crippen molar-refractivity contribution in [1.29, 1.82) is 0 Å². The van der Waals surface area contributed by atoms with Gasteiger partial charge in [-0.3, -0.25) is 9.58 Å². The maximum absolute atomic E-state index is 14.0. The number of nitrogens with zero attached hydrogens (tertiary/aromatic N) is 3. The second kappa shape index (κ2) is 9.56. The minimum Gasteiger partial charge on any atom is -0.403 e. The molecule has 3 heterocycles. The molecule has 5 fully saturated rings. The number of hydrogen-bond donors (Lipinski definition) is 0. The number of rotatable bonds is 6. The van der Waals surface area contributed by atoms with E-state index in [0.29, 0.717) is 48.1 Å². The van der Waals surface area contributed by atoms with Gasteiger partial charge in [-0.2, -0.15) is 18.3 Å². The Morgan fingerprint density at radius 3 is 2.31 bits per heavy atom. The van der Waals surface area contributed by atoms with Gasteiger partial charge in [-0.1, -0.05) is 0 Å². The first-order valence-corrected chi connectivity index (χ1v) is 19.0. The average molecular weight is 587 g/mol. The molecule has 11 heteroatoms. The fourth-order valence-corrected chi connectivity index (χ4v) is 12.3. The molecule has 1 unspecified atom stereocenters. The van der Waals surface area contributed by atoms with E-state index in [0.717, 1.165) is 38.0 Å². The first-order valence-electron chi connectivity index (χ1n) is 14.8. The van der Waals surface area contributed by atoms with E-state index in [1.807, 2.05) is 0 Å². The largest absolute Gasteiger partial charge is 0.416 e. The van der Waals surface area contributed by atoms with E-state index >= 15 is 0 Å². The minimum atomic E-state index is -4.34. The highest BCUT2D eigenvalue weighted by Crippen LogP contribution is 2.57. The normalized spacial score (nSPS) is 37.8. The predicted molar refractivity (Wildman–Crippen MR) is 146 cm³/mol. The summed E-state index contributed by atoms with van der Waals surface area (Å²) in [5, 5.41) is 5.01. The Morgan fingerprint density at radius 1 is 1.08 bits per heavy atom. The third kappa shape index (κ3) is 4.95. The van der Waals surface area contributed by atoms with Crippen molar-refractivity contribution in [2.24, 2.45) is 17.3 Å². The number of likely N-dealkylation sites (tertiary alicyclic amines) is 1. The molecule has 1 spiro atoms. The molecule has 1 radical (unpaired) electrons. The summed E-state index contributed by atoms with van der Waals surface area (Å²) in [7, 11) is -4.29. The van der Waals surface area contributed by atoms with Gasteiger partial charge in [0.15, 0.2) is 15.4 Å². The van der Waals surface area contributed by atoms with Crippen LogP contribution in [0.1, 0.15) is 94.5 Å². The van der Waals surface area contributed by atoms with E-state index in [1.165, 1.54) is 12.1 Å². The topological polar surface area (TPSA) is 64.4 Å². The smallest absolute Gasteiger partial charge is 0.403 e. The van der Waals surface area contributed by atoms with Gasteiger partial charge in [0.1, 0.15) is 0 Å². The van der Waals surface area contributed by atoms with Crippen LogP contribution in [0.3, 0.4) is 0 Å². The van der Waals surface area contributed by atoms with Crippen molar-refractivity contribution >= 4 is 18.9 Å². The van der Waals surface area contributed by atoms with Gasteiger partial charge in [0.05, 0.1) is 17.2 Å². The van der Waals surface area contributed by atoms with Gasteiger partial charge >= 0.3 is 6.18 Å². The second-order valence-electron chi connectivity index (χ2n) is 14.0. The van der Waals surface area contributed by atoms with Crippen LogP contribution < -0.4 is 0 Å². The lowest BCUT2D eigenvalue weighted by Crippen LogP contribution is -2.52. The molecule has 0 amide bonds. The van der Waals surface area contributed by atoms with Gasteiger partial charge in [-0.15, -0.1) is 0 Å². The van der Waals surface area contributed by atoms with Crippen LogP contribution in [0.25, 0.3) is 0 Å². The van der Waals surface area contributed by atoms with E-state index in [4.69, 9.17) is 9.52 Å². The molecule has 219 valence electrons. The quantitative estimate of drug-likeness (QED) is 0.401. The van der Waals surface area contributed by atoms with Crippen LogP contribution in [0.2, 0.25) is 13.1 Å². The molecule has 39 heavy (non-hydrogen) atoms. The van der Waals surface area contributed by atoms with E-state index < -0.39 is 30.7 Å². The maximum Gasteiger partial charge on any atom is 0.416 e. The van der Waals surface area contributed by atoms with Crippen LogP contribution in [-0.2, 0) is 14.3 Å². The Bertz CT molecular complexity index is 1180. The number of fused-ring (bicyclic) bond motifs is 2. The Labute approximate surface area is 232 Å². The summed E-state index contributed by atoms with van der Waals surface area (Å²) < 4.78 is 73.6. The molecule has 2 bridgehead atoms. The molecule has 3 saturated carbocycles. The van der Waals surface area contributed by atoms with Gasteiger partial charge in [0, 0.05) is 41.6 Å². The van der Waals surface area contributed by atoms with Crippen LogP contribution in [0, 0.1) is 17.3 Å². The van der Waals surface area contributed by atoms with E-state index in [1.54, 1.807) is 13.1 Å². The van der Waals surface area contributed by atoms with Crippen molar-refractivity contribution in [2.45, 2.75) is 114 Å². The molecule has 4 atom stereocenters. The van der Waals surface area contributed by atoms with E-state index in [9.17, 15) is 21.6 Å². The summed E-state index contributed by atoms with van der Waals surface area (Å²) in [5.74, 6) is 2.44. The summed E-state index contributed by atoms with van der Waals surface area (Å²) >= 11 is 0. The lowest BCUT2D eigenvalue weighted by Gasteiger charge is -2.42. The molecule has 1 aromatic rings. The Kier molecular flexibility index (Phi) is 6.92. The van der Waals surface area contributed by atoms with Gasteiger partial charge in [0.25, 0.3) is 0 Å². The molecular formula is C28H43F3N3O3SSi. The minimum absolute atomic E-state index is 0.00925. The Balaban J connectivity index is 1.14. The molecule has 0 N–H and O–H groups in total. The lowest BCUT2D eigenvalue weighted by atomic mass is 9.77. The highest BCUT2D eigenvalue weighted by molar-refractivity contribution is 7.92. The second-order valence-corrected chi connectivity index (χ2v) is 18.0. The van der Waals surface area contributed by atoms with Gasteiger partial charge in [0.2, 0.25) is 9.04 Å². The zero-order valence-electron chi connectivity index (χ0n) is 23.6. The van der Waals surface area contributed by atoms with Crippen LogP contribution >= 0.6 is 0 Å². The van der Waals surface area contributed by atoms with Crippen molar-refractivity contribution < 1.29 is 26.0 Å². The highest BCUT2D eigenvalue weighted by Gasteiger charge is 2.58. The fourth-order valence-electron chi connectivity index (χ4n) is 8.97. The zero-order chi connectivity index (χ0) is 28.0. The Hall–Kier alpha value is -0.913. The van der Waals surface area contributed by atoms with E-state index in [-0.39, 0.29) is 30.2 Å². The van der Waals surface area contributed by atoms with Gasteiger partial charge in [-0.05, 0) is 103 Å². The van der Waals surface area contributed by atoms with Gasteiger partial charge < -0.3 is 4.43 Å². The molecule has 6 nitrogen and oxygen atoms in total. The molecule has 2 saturated heterocycles. The number of sulfone groups is 1. The van der Waals surface area contributed by atoms with Crippen molar-refractivity contribution in [2.75, 3.05) is 24.6 Å². The van der Waals surface area contributed by atoms with Crippen LogP contribution in [0.5, 0.6) is 0 Å². The average Bonchev–Trinajstić information content (AvgIpc) is 3.59. The fraction of sp³-hybridized carbons (Fsp3) is 0.893. The predicted octanol–water partition coefficient (Wildman–Crippen LogP) is 5.69. The standard InChI is InChI=1S/C28H43F3N3O3SSi/c1-18(2)34-25(14-23(32-34)19-5-7-27(8-6-19,28(29,30)31)37-39(3)4)22-12-21-11-20(22)13-24(21)33-10-9-26(15-33)16-38(35,36)17-26/h14,18-22,24H,5-13,15-17H2,1-4H3/t19?,20-,21?,22+,24+,27?/m0/s1. The highest BCUT2D eigenvalue weighted by atomic mass is 32.2. The third-order valence-corrected chi connectivity index (χ3v) is 13.5. The van der Waals surface area contributed by atoms with Crippen molar-refractivity contribution in [1.82, 2.24) is 14.7 Å². The summed E-state index contributed by atoms with van der Waals surface area (Å²) in [5.41, 5.74) is 0.240. The first kappa shape index (κ1) is 28.2. The van der Waals surface area contributed by atoms with Gasteiger partial charge in [-0.25, -0.2) is 8.42 Å². The first-order chi connectivity index (χ1) is 18.2. The van der Waals surface area contributed by atoms with Crippen molar-refractivity contribution in [3.63, 3.8) is 0 Å². The summed E-state index contributed by atoms with van der Waals surface area (Å²) in [6.45, 7) is 9.79. The number of aromatic nitrogens is 2. The number of alkyl halides is 3. The monoisotopic (exact) mass is 586 g/mol. The van der Waals surface area contributed by atoms with Crippen molar-refractivity contribution in [3.05, 3.63) is 17.5 Å². The lowest BCUT2D eigenvalue weighted by molar-refractivity contribution is -0.261. The molecule has 0 aromatic carbocycles. The Morgan fingerprint density at radius 2 is 1.77 bits per heavy atom. The van der Waals surface area contributed by atoms with Crippen LogP contribution in [0.15, 0.2) is 6.07 Å². The molecule has 3 aliphatic carbocycles. The summed E-state index contributed by atoms with van der Waals surface area (Å²) in [6, 6.07) is 2.99. The van der Waals surface area contributed by atoms with Crippen LogP contribution in [0.4, 0.5) is 13.2 Å². The number of hydrogen-bond acceptors (Lipinski definition) is 5. The summed E-state index contributed by atoms with van der Waals surface area (Å²) in [6.07, 6.45) is 1.08. The van der Waals surface area contributed by atoms with E-state index in [2.05, 4.69) is 29.5 Å². The molecule has 2 aliphatic heterocycles. The maximum atomic E-state index is 14.0. The summed E-state index contributed by atoms with van der Waals surface area (Å²) in [4.78, 5) is 2.59. The third-order valence-electron chi connectivity index (χ3n) is 10.6. The molecule has 1 aromatic heterocycles. The SMILES string of the molecule is CC(C)n1nc(C2CCC(O[Si](C)C)(C(F)(F)F)CC2)cc1[C@@H]1CC2C[C@H]1C[C@H]2N1CCC2(C1)CS(=O)(=O)C2. The molecular weight excluding hydrogens is 543 g/mol. The molecule has 5 aliphatic rings. The number of halogens is 3.